The molecule has 2 aromatic rings. The molecule has 27 heavy (non-hydrogen) atoms. The maximum Gasteiger partial charge on any atom is 0.407 e. The van der Waals surface area contributed by atoms with Crippen LogP contribution in [-0.2, 0) is 16.0 Å². The number of aromatic nitrogens is 1. The molecule has 0 aliphatic heterocycles. The predicted octanol–water partition coefficient (Wildman–Crippen LogP) is 3.03. The number of nitrogens with zero attached hydrogens (tertiary/aromatic N) is 1. The number of para-hydroxylation sites is 1. The highest BCUT2D eigenvalue weighted by molar-refractivity contribution is 5.88. The lowest BCUT2D eigenvalue weighted by Gasteiger charge is -2.17. The summed E-state index contributed by atoms with van der Waals surface area (Å²) in [7, 11) is 0. The molecule has 1 aromatic carbocycles. The fraction of sp³-hybridized carbons (Fsp3) is 0.450. The number of ether oxygens (including phenoxy) is 1. The summed E-state index contributed by atoms with van der Waals surface area (Å²) in [6, 6.07) is 8.79. The second-order valence-corrected chi connectivity index (χ2v) is 6.33. The first-order valence-corrected chi connectivity index (χ1v) is 9.28. The Bertz CT molecular complexity index is 794. The average Bonchev–Trinajstić information content (AvgIpc) is 3.08. The molecule has 3 N–H and O–H groups in total. The maximum absolute atomic E-state index is 12.4. The number of unbranched alkanes of at least 4 members (excludes halogenated alkanes) is 3. The van der Waals surface area contributed by atoms with E-state index in [1.165, 1.54) is 0 Å². The monoisotopic (exact) mass is 370 g/mol. The third-order valence-electron chi connectivity index (χ3n) is 4.28. The summed E-state index contributed by atoms with van der Waals surface area (Å²) in [6.07, 6.45) is 5.52. The molecule has 0 aliphatic rings. The van der Waals surface area contributed by atoms with Gasteiger partial charge in [0, 0.05) is 23.5 Å². The van der Waals surface area contributed by atoms with Gasteiger partial charge < -0.3 is 20.4 Å². The number of aromatic amines is 1. The smallest absolute Gasteiger partial charge is 0.407 e. The third kappa shape index (κ3) is 6.33. The molecule has 7 heteroatoms. The van der Waals surface area contributed by atoms with E-state index in [0.717, 1.165) is 42.1 Å². The summed E-state index contributed by atoms with van der Waals surface area (Å²) in [6.45, 7) is 2.32. The molecule has 144 valence electrons. The van der Waals surface area contributed by atoms with Crippen molar-refractivity contribution in [1.29, 1.82) is 5.26 Å². The van der Waals surface area contributed by atoms with Crippen molar-refractivity contribution >= 4 is 22.9 Å². The first kappa shape index (κ1) is 20.3. The van der Waals surface area contributed by atoms with Crippen molar-refractivity contribution in [2.24, 2.45) is 0 Å². The summed E-state index contributed by atoms with van der Waals surface area (Å²) >= 11 is 0. The van der Waals surface area contributed by atoms with Gasteiger partial charge in [-0.15, -0.1) is 0 Å². The molecule has 0 bridgehead atoms. The van der Waals surface area contributed by atoms with E-state index in [1.807, 2.05) is 36.5 Å². The van der Waals surface area contributed by atoms with Gasteiger partial charge in [0.2, 0.25) is 5.91 Å². The lowest BCUT2D eigenvalue weighted by Crippen LogP contribution is -2.48. The first-order valence-electron chi connectivity index (χ1n) is 9.28. The van der Waals surface area contributed by atoms with Crippen LogP contribution in [0.15, 0.2) is 30.5 Å². The van der Waals surface area contributed by atoms with Crippen molar-refractivity contribution < 1.29 is 14.3 Å². The minimum Gasteiger partial charge on any atom is -0.450 e. The molecule has 1 aromatic heterocycles. The molecule has 1 heterocycles. The van der Waals surface area contributed by atoms with Crippen LogP contribution in [0, 0.1) is 11.3 Å². The average molecular weight is 370 g/mol. The molecule has 1 unspecified atom stereocenters. The number of fused-ring (bicyclic) bond motifs is 1. The highest BCUT2D eigenvalue weighted by Crippen LogP contribution is 2.19. The number of carbonyl (C=O) groups is 2. The fourth-order valence-corrected chi connectivity index (χ4v) is 2.86. The number of H-pyrrole nitrogens is 1. The maximum atomic E-state index is 12.4. The van der Waals surface area contributed by atoms with Crippen LogP contribution >= 0.6 is 0 Å². The zero-order valence-electron chi connectivity index (χ0n) is 15.6. The molecule has 2 amide bonds. The second-order valence-electron chi connectivity index (χ2n) is 6.33. The number of hydrogen-bond acceptors (Lipinski definition) is 4. The van der Waals surface area contributed by atoms with Gasteiger partial charge in [0.25, 0.3) is 0 Å². The quantitative estimate of drug-likeness (QED) is 0.441. The van der Waals surface area contributed by atoms with E-state index < -0.39 is 18.0 Å². The van der Waals surface area contributed by atoms with Gasteiger partial charge in [0.05, 0.1) is 12.7 Å². The highest BCUT2D eigenvalue weighted by atomic mass is 16.5. The van der Waals surface area contributed by atoms with Crippen molar-refractivity contribution in [2.45, 2.75) is 45.1 Å². The van der Waals surface area contributed by atoms with Gasteiger partial charge in [0.15, 0.2) is 0 Å². The molecule has 0 radical (unpaired) electrons. The van der Waals surface area contributed by atoms with Crippen LogP contribution in [0.5, 0.6) is 0 Å². The van der Waals surface area contributed by atoms with Crippen LogP contribution in [0.2, 0.25) is 0 Å². The summed E-state index contributed by atoms with van der Waals surface area (Å²) in [4.78, 5) is 27.6. The van der Waals surface area contributed by atoms with Gasteiger partial charge in [0.1, 0.15) is 12.6 Å². The molecule has 7 nitrogen and oxygen atoms in total. The molecule has 1 atom stereocenters. The van der Waals surface area contributed by atoms with Crippen molar-refractivity contribution in [3.63, 3.8) is 0 Å². The van der Waals surface area contributed by atoms with Crippen LogP contribution in [-0.4, -0.2) is 36.2 Å². The third-order valence-corrected chi connectivity index (χ3v) is 4.28. The van der Waals surface area contributed by atoms with Crippen molar-refractivity contribution in [1.82, 2.24) is 15.6 Å². The standard InChI is InChI=1S/C20H26N4O3/c1-2-3-4-7-12-27-20(26)24-18(19(25)22-11-10-21)13-15-14-23-17-9-6-5-8-16(15)17/h5-6,8-9,14,18,23H,2-4,7,11-13H2,1H3,(H,22,25)(H,24,26). The lowest BCUT2D eigenvalue weighted by molar-refractivity contribution is -0.122. The molecule has 2 rings (SSSR count). The Kier molecular flexibility index (Phi) is 8.17. The van der Waals surface area contributed by atoms with Gasteiger partial charge in [-0.25, -0.2) is 4.79 Å². The van der Waals surface area contributed by atoms with E-state index in [0.29, 0.717) is 13.0 Å². The van der Waals surface area contributed by atoms with E-state index in [9.17, 15) is 9.59 Å². The summed E-state index contributed by atoms with van der Waals surface area (Å²) < 4.78 is 5.18. The largest absolute Gasteiger partial charge is 0.450 e. The minimum absolute atomic E-state index is 0.114. The second kappa shape index (κ2) is 10.9. The van der Waals surface area contributed by atoms with Crippen molar-refractivity contribution in [3.8, 4) is 6.07 Å². The SMILES string of the molecule is CCCCCCOC(=O)NC(Cc1c[nH]c2ccccc12)C(=O)NCC#N. The Morgan fingerprint density at radius 1 is 1.26 bits per heavy atom. The van der Waals surface area contributed by atoms with Gasteiger partial charge in [-0.3, -0.25) is 4.79 Å². The topological polar surface area (TPSA) is 107 Å². The molecule has 0 spiro atoms. The predicted molar refractivity (Wildman–Crippen MR) is 103 cm³/mol. The lowest BCUT2D eigenvalue weighted by atomic mass is 10.0. The number of nitriles is 1. The summed E-state index contributed by atoms with van der Waals surface area (Å²) in [5.74, 6) is -0.412. The van der Waals surface area contributed by atoms with E-state index in [-0.39, 0.29) is 6.54 Å². The number of amides is 2. The number of rotatable bonds is 10. The highest BCUT2D eigenvalue weighted by Gasteiger charge is 2.23. The van der Waals surface area contributed by atoms with Crippen LogP contribution in [0.25, 0.3) is 10.9 Å². The Balaban J connectivity index is 1.99. The molecule has 0 fully saturated rings. The van der Waals surface area contributed by atoms with Crippen molar-refractivity contribution in [2.75, 3.05) is 13.2 Å². The van der Waals surface area contributed by atoms with E-state index in [1.54, 1.807) is 0 Å². The molecular formula is C20H26N4O3. The van der Waals surface area contributed by atoms with Gasteiger partial charge in [-0.2, -0.15) is 5.26 Å². The molecule has 0 saturated heterocycles. The first-order chi connectivity index (χ1) is 13.2. The minimum atomic E-state index is -0.819. The van der Waals surface area contributed by atoms with Crippen LogP contribution in [0.3, 0.4) is 0 Å². The van der Waals surface area contributed by atoms with Gasteiger partial charge in [-0.1, -0.05) is 44.4 Å². The number of benzene rings is 1. The van der Waals surface area contributed by atoms with Crippen LogP contribution < -0.4 is 10.6 Å². The Morgan fingerprint density at radius 3 is 2.85 bits per heavy atom. The Hall–Kier alpha value is -3.01. The van der Waals surface area contributed by atoms with Gasteiger partial charge in [-0.05, 0) is 18.1 Å². The number of carbonyl (C=O) groups excluding carboxylic acids is 2. The molecule has 0 aliphatic carbocycles. The zero-order valence-corrected chi connectivity index (χ0v) is 15.6. The van der Waals surface area contributed by atoms with Crippen molar-refractivity contribution in [3.05, 3.63) is 36.0 Å². The van der Waals surface area contributed by atoms with E-state index in [4.69, 9.17) is 10.00 Å². The molecular weight excluding hydrogens is 344 g/mol. The van der Waals surface area contributed by atoms with Gasteiger partial charge >= 0.3 is 6.09 Å². The van der Waals surface area contributed by atoms with Crippen LogP contribution in [0.1, 0.15) is 38.2 Å². The molecule has 0 saturated carbocycles. The number of alkyl carbamates (subject to hydrolysis) is 1. The zero-order chi connectivity index (χ0) is 19.5. The normalized spacial score (nSPS) is 11.6. The van der Waals surface area contributed by atoms with E-state index in [2.05, 4.69) is 22.5 Å². The summed E-state index contributed by atoms with van der Waals surface area (Å²) in [5, 5.41) is 14.8. The Morgan fingerprint density at radius 2 is 2.07 bits per heavy atom. The Labute approximate surface area is 159 Å². The fourth-order valence-electron chi connectivity index (χ4n) is 2.86. The van der Waals surface area contributed by atoms with E-state index >= 15 is 0 Å². The summed E-state index contributed by atoms with van der Waals surface area (Å²) in [5.41, 5.74) is 1.87. The number of nitrogens with one attached hydrogen (secondary N) is 3. The van der Waals surface area contributed by atoms with Crippen LogP contribution in [0.4, 0.5) is 4.79 Å². The number of hydrogen-bond donors (Lipinski definition) is 3.